The summed E-state index contributed by atoms with van der Waals surface area (Å²) >= 11 is 0. The standard InChI is InChI=1S/C14H21N3O2/c15-11-4-5-12(16-8-11)13(19)17-9-14(10-18)6-2-1-3-7-14/h4-5,8,18H,1-3,6-7,9-10,15H2,(H,17,19). The average molecular weight is 263 g/mol. The fourth-order valence-electron chi connectivity index (χ4n) is 2.59. The van der Waals surface area contributed by atoms with Crippen molar-refractivity contribution in [2.24, 2.45) is 5.41 Å². The largest absolute Gasteiger partial charge is 0.397 e. The third-order valence-corrected chi connectivity index (χ3v) is 3.89. The van der Waals surface area contributed by atoms with Crippen LogP contribution in [0.4, 0.5) is 5.69 Å². The lowest BCUT2D eigenvalue weighted by Crippen LogP contribution is -2.41. The summed E-state index contributed by atoms with van der Waals surface area (Å²) in [5, 5.41) is 12.5. The van der Waals surface area contributed by atoms with Crippen molar-refractivity contribution in [1.29, 1.82) is 0 Å². The summed E-state index contributed by atoms with van der Waals surface area (Å²) in [5.74, 6) is -0.210. The Morgan fingerprint density at radius 2 is 2.11 bits per heavy atom. The Balaban J connectivity index is 1.93. The minimum atomic E-state index is -0.210. The van der Waals surface area contributed by atoms with E-state index in [1.165, 1.54) is 12.6 Å². The third kappa shape index (κ3) is 3.44. The lowest BCUT2D eigenvalue weighted by Gasteiger charge is -2.35. The van der Waals surface area contributed by atoms with Gasteiger partial charge in [0.05, 0.1) is 18.5 Å². The summed E-state index contributed by atoms with van der Waals surface area (Å²) < 4.78 is 0. The van der Waals surface area contributed by atoms with Crippen LogP contribution in [0.5, 0.6) is 0 Å². The van der Waals surface area contributed by atoms with Crippen LogP contribution < -0.4 is 11.1 Å². The number of nitrogens with one attached hydrogen (secondary N) is 1. The van der Waals surface area contributed by atoms with Gasteiger partial charge in [0, 0.05) is 12.0 Å². The van der Waals surface area contributed by atoms with E-state index in [4.69, 9.17) is 5.73 Å². The van der Waals surface area contributed by atoms with Gasteiger partial charge < -0.3 is 16.2 Å². The van der Waals surface area contributed by atoms with E-state index in [1.54, 1.807) is 12.1 Å². The number of aliphatic hydroxyl groups excluding tert-OH is 1. The minimum absolute atomic E-state index is 0.127. The zero-order chi connectivity index (χ0) is 13.7. The number of nitrogens with zero attached hydrogens (tertiary/aromatic N) is 1. The van der Waals surface area contributed by atoms with Gasteiger partial charge in [0.2, 0.25) is 0 Å². The third-order valence-electron chi connectivity index (χ3n) is 3.89. The molecule has 1 heterocycles. The van der Waals surface area contributed by atoms with Gasteiger partial charge in [-0.2, -0.15) is 0 Å². The molecule has 2 rings (SSSR count). The number of aromatic nitrogens is 1. The molecule has 1 saturated carbocycles. The number of nitrogen functional groups attached to an aromatic ring is 1. The van der Waals surface area contributed by atoms with Crippen LogP contribution in [0.1, 0.15) is 42.6 Å². The highest BCUT2D eigenvalue weighted by atomic mass is 16.3. The van der Waals surface area contributed by atoms with Gasteiger partial charge in [-0.3, -0.25) is 4.79 Å². The molecule has 1 fully saturated rings. The zero-order valence-electron chi connectivity index (χ0n) is 11.1. The Morgan fingerprint density at radius 3 is 2.68 bits per heavy atom. The number of hydrogen-bond acceptors (Lipinski definition) is 4. The second-order valence-electron chi connectivity index (χ2n) is 5.38. The molecule has 5 nitrogen and oxygen atoms in total. The molecule has 0 saturated heterocycles. The van der Waals surface area contributed by atoms with Crippen molar-refractivity contribution in [3.63, 3.8) is 0 Å². The number of aliphatic hydroxyl groups is 1. The molecular formula is C14H21N3O2. The quantitative estimate of drug-likeness (QED) is 0.764. The average Bonchev–Trinajstić information content (AvgIpc) is 2.46. The first kappa shape index (κ1) is 13.8. The lowest BCUT2D eigenvalue weighted by atomic mass is 9.74. The molecule has 19 heavy (non-hydrogen) atoms. The maximum absolute atomic E-state index is 12.0. The number of anilines is 1. The maximum atomic E-state index is 12.0. The summed E-state index contributed by atoms with van der Waals surface area (Å²) in [7, 11) is 0. The number of pyridine rings is 1. The Morgan fingerprint density at radius 1 is 1.37 bits per heavy atom. The van der Waals surface area contributed by atoms with E-state index in [-0.39, 0.29) is 17.9 Å². The van der Waals surface area contributed by atoms with Crippen LogP contribution in [0.2, 0.25) is 0 Å². The van der Waals surface area contributed by atoms with Crippen molar-refractivity contribution in [3.05, 3.63) is 24.0 Å². The molecule has 104 valence electrons. The van der Waals surface area contributed by atoms with E-state index in [0.29, 0.717) is 17.9 Å². The van der Waals surface area contributed by atoms with Crippen molar-refractivity contribution in [2.45, 2.75) is 32.1 Å². The predicted octanol–water partition coefficient (Wildman–Crippen LogP) is 1.34. The van der Waals surface area contributed by atoms with Crippen LogP contribution in [0.15, 0.2) is 18.3 Å². The van der Waals surface area contributed by atoms with E-state index in [0.717, 1.165) is 25.7 Å². The fourth-order valence-corrected chi connectivity index (χ4v) is 2.59. The Bertz CT molecular complexity index is 425. The van der Waals surface area contributed by atoms with E-state index in [1.807, 2.05) is 0 Å². The number of amides is 1. The number of rotatable bonds is 4. The summed E-state index contributed by atoms with van der Waals surface area (Å²) in [5.41, 5.74) is 6.28. The first-order valence-corrected chi connectivity index (χ1v) is 6.76. The minimum Gasteiger partial charge on any atom is -0.397 e. The molecule has 0 radical (unpaired) electrons. The maximum Gasteiger partial charge on any atom is 0.269 e. The van der Waals surface area contributed by atoms with Crippen molar-refractivity contribution < 1.29 is 9.90 Å². The van der Waals surface area contributed by atoms with E-state index >= 15 is 0 Å². The van der Waals surface area contributed by atoms with Gasteiger partial charge in [-0.25, -0.2) is 4.98 Å². The van der Waals surface area contributed by atoms with Crippen molar-refractivity contribution >= 4 is 11.6 Å². The highest BCUT2D eigenvalue weighted by Crippen LogP contribution is 2.35. The van der Waals surface area contributed by atoms with Gasteiger partial charge in [0.15, 0.2) is 0 Å². The highest BCUT2D eigenvalue weighted by Gasteiger charge is 2.31. The second kappa shape index (κ2) is 6.02. The molecule has 5 heteroatoms. The fraction of sp³-hybridized carbons (Fsp3) is 0.571. The van der Waals surface area contributed by atoms with Gasteiger partial charge in [0.1, 0.15) is 5.69 Å². The molecule has 0 aromatic carbocycles. The molecule has 1 aromatic heterocycles. The molecule has 0 atom stereocenters. The van der Waals surface area contributed by atoms with Crippen LogP contribution in [0, 0.1) is 5.41 Å². The topological polar surface area (TPSA) is 88.2 Å². The van der Waals surface area contributed by atoms with Gasteiger partial charge >= 0.3 is 0 Å². The Labute approximate surface area is 113 Å². The van der Waals surface area contributed by atoms with E-state index in [9.17, 15) is 9.90 Å². The number of hydrogen-bond donors (Lipinski definition) is 3. The van der Waals surface area contributed by atoms with E-state index in [2.05, 4.69) is 10.3 Å². The Kier molecular flexibility index (Phi) is 4.37. The smallest absolute Gasteiger partial charge is 0.269 e. The molecule has 1 aliphatic rings. The van der Waals surface area contributed by atoms with E-state index < -0.39 is 0 Å². The first-order valence-electron chi connectivity index (χ1n) is 6.76. The van der Waals surface area contributed by atoms with Crippen LogP contribution in [0.3, 0.4) is 0 Å². The molecule has 4 N–H and O–H groups in total. The zero-order valence-corrected chi connectivity index (χ0v) is 11.1. The highest BCUT2D eigenvalue weighted by molar-refractivity contribution is 5.92. The second-order valence-corrected chi connectivity index (χ2v) is 5.38. The lowest BCUT2D eigenvalue weighted by molar-refractivity contribution is 0.0715. The van der Waals surface area contributed by atoms with Crippen LogP contribution >= 0.6 is 0 Å². The predicted molar refractivity (Wildman–Crippen MR) is 73.6 cm³/mol. The normalized spacial score (nSPS) is 17.9. The molecule has 1 amide bonds. The summed E-state index contributed by atoms with van der Waals surface area (Å²) in [6.07, 6.45) is 6.87. The summed E-state index contributed by atoms with van der Waals surface area (Å²) in [6, 6.07) is 3.27. The molecule has 1 aromatic rings. The summed E-state index contributed by atoms with van der Waals surface area (Å²) in [6.45, 7) is 0.636. The molecular weight excluding hydrogens is 242 g/mol. The SMILES string of the molecule is Nc1ccc(C(=O)NCC2(CO)CCCCC2)nc1. The molecule has 0 bridgehead atoms. The number of carbonyl (C=O) groups is 1. The summed E-state index contributed by atoms with van der Waals surface area (Å²) in [4.78, 5) is 16.0. The van der Waals surface area contributed by atoms with Gasteiger partial charge in [-0.05, 0) is 25.0 Å². The Hall–Kier alpha value is -1.62. The van der Waals surface area contributed by atoms with Gasteiger partial charge in [-0.15, -0.1) is 0 Å². The van der Waals surface area contributed by atoms with Crippen molar-refractivity contribution in [1.82, 2.24) is 10.3 Å². The van der Waals surface area contributed by atoms with Crippen molar-refractivity contribution in [2.75, 3.05) is 18.9 Å². The first-order chi connectivity index (χ1) is 9.15. The molecule has 0 spiro atoms. The van der Waals surface area contributed by atoms with Crippen LogP contribution in [-0.4, -0.2) is 29.1 Å². The monoisotopic (exact) mass is 263 g/mol. The van der Waals surface area contributed by atoms with Crippen LogP contribution in [0.25, 0.3) is 0 Å². The van der Waals surface area contributed by atoms with Gasteiger partial charge in [-0.1, -0.05) is 19.3 Å². The van der Waals surface area contributed by atoms with Gasteiger partial charge in [0.25, 0.3) is 5.91 Å². The molecule has 1 aliphatic carbocycles. The molecule has 0 aliphatic heterocycles. The van der Waals surface area contributed by atoms with Crippen LogP contribution in [-0.2, 0) is 0 Å². The number of nitrogens with two attached hydrogens (primary N) is 1. The van der Waals surface area contributed by atoms with Crippen molar-refractivity contribution in [3.8, 4) is 0 Å². The molecule has 0 unspecified atom stereocenters. The number of carbonyl (C=O) groups excluding carboxylic acids is 1.